The summed E-state index contributed by atoms with van der Waals surface area (Å²) >= 11 is 1.06. The van der Waals surface area contributed by atoms with E-state index < -0.39 is 29.5 Å². The molecule has 1 atom stereocenters. The number of benzene rings is 1. The Morgan fingerprint density at radius 3 is 2.54 bits per heavy atom. The first-order valence-corrected chi connectivity index (χ1v) is 10.9. The number of carbonyl (C=O) groups is 2. The molecule has 0 aliphatic rings. The normalized spacial score (nSPS) is 12.5. The second kappa shape index (κ2) is 9.71. The molecule has 0 aliphatic heterocycles. The van der Waals surface area contributed by atoms with E-state index in [0.717, 1.165) is 23.5 Å². The number of thiazole rings is 1. The summed E-state index contributed by atoms with van der Waals surface area (Å²) in [6.07, 6.45) is -2.36. The lowest BCUT2D eigenvalue weighted by Crippen LogP contribution is -2.29. The van der Waals surface area contributed by atoms with E-state index in [9.17, 15) is 28.0 Å². The summed E-state index contributed by atoms with van der Waals surface area (Å²) < 4.78 is 43.8. The highest BCUT2D eigenvalue weighted by atomic mass is 32.1. The van der Waals surface area contributed by atoms with E-state index in [4.69, 9.17) is 0 Å². The number of carbonyl (C=O) groups excluding carboxylic acids is 2. The van der Waals surface area contributed by atoms with Crippen molar-refractivity contribution in [1.29, 1.82) is 5.26 Å². The van der Waals surface area contributed by atoms with Gasteiger partial charge in [0.25, 0.3) is 11.8 Å². The SMILES string of the molecule is CNC(=O)c1cnc(-n2ncnc2[C@H](C)NC(=O)c2cc(OC(F)(F)F)cc(C(C)(C)C#N)c2)s1. The molecule has 2 aromatic heterocycles. The van der Waals surface area contributed by atoms with Crippen molar-refractivity contribution in [1.82, 2.24) is 30.4 Å². The lowest BCUT2D eigenvalue weighted by Gasteiger charge is -2.20. The molecular formula is C21H20F3N7O3S. The first-order chi connectivity index (χ1) is 16.3. The Kier molecular flexibility index (Phi) is 7.11. The van der Waals surface area contributed by atoms with Gasteiger partial charge in [-0.1, -0.05) is 11.3 Å². The van der Waals surface area contributed by atoms with Gasteiger partial charge in [-0.2, -0.15) is 15.0 Å². The van der Waals surface area contributed by atoms with E-state index in [1.165, 1.54) is 44.2 Å². The largest absolute Gasteiger partial charge is 0.573 e. The lowest BCUT2D eigenvalue weighted by molar-refractivity contribution is -0.274. The zero-order chi connectivity index (χ0) is 26.0. The molecular weight excluding hydrogens is 487 g/mol. The van der Waals surface area contributed by atoms with E-state index in [-0.39, 0.29) is 22.9 Å². The van der Waals surface area contributed by atoms with Crippen LogP contribution < -0.4 is 15.4 Å². The maximum Gasteiger partial charge on any atom is 0.573 e. The van der Waals surface area contributed by atoms with Gasteiger partial charge < -0.3 is 15.4 Å². The van der Waals surface area contributed by atoms with Crippen molar-refractivity contribution in [3.8, 4) is 17.0 Å². The minimum atomic E-state index is -4.98. The third-order valence-corrected chi connectivity index (χ3v) is 5.81. The van der Waals surface area contributed by atoms with Gasteiger partial charge in [0, 0.05) is 12.6 Å². The summed E-state index contributed by atoms with van der Waals surface area (Å²) in [5.41, 5.74) is -1.15. The van der Waals surface area contributed by atoms with Crippen LogP contribution in [0, 0.1) is 11.3 Å². The van der Waals surface area contributed by atoms with Crippen molar-refractivity contribution in [2.45, 2.75) is 38.6 Å². The second-order valence-electron chi connectivity index (χ2n) is 7.84. The summed E-state index contributed by atoms with van der Waals surface area (Å²) in [5.74, 6) is -1.39. The van der Waals surface area contributed by atoms with Crippen molar-refractivity contribution in [3.05, 3.63) is 52.6 Å². The molecule has 0 fully saturated rings. The molecule has 1 aromatic carbocycles. The molecule has 2 heterocycles. The van der Waals surface area contributed by atoms with Crippen LogP contribution in [0.25, 0.3) is 5.13 Å². The Morgan fingerprint density at radius 2 is 1.91 bits per heavy atom. The number of amides is 2. The summed E-state index contributed by atoms with van der Waals surface area (Å²) in [6, 6.07) is 4.58. The van der Waals surface area contributed by atoms with Gasteiger partial charge in [-0.15, -0.1) is 13.2 Å². The number of rotatable bonds is 7. The third kappa shape index (κ3) is 5.93. The van der Waals surface area contributed by atoms with E-state index >= 15 is 0 Å². The minimum Gasteiger partial charge on any atom is -0.406 e. The van der Waals surface area contributed by atoms with E-state index in [2.05, 4.69) is 30.4 Å². The topological polar surface area (TPSA) is 135 Å². The molecule has 3 aromatic rings. The van der Waals surface area contributed by atoms with Gasteiger partial charge in [0.2, 0.25) is 5.13 Å². The smallest absolute Gasteiger partial charge is 0.406 e. The quantitative estimate of drug-likeness (QED) is 0.501. The van der Waals surface area contributed by atoms with Crippen LogP contribution in [0.3, 0.4) is 0 Å². The standard InChI is InChI=1S/C21H20F3N7O3S/c1-11(16-28-10-29-31(16)19-27-8-15(35-19)18(33)26-4)30-17(32)12-5-13(20(2,3)9-25)7-14(6-12)34-21(22,23)24/h5-8,10-11H,1-4H3,(H,26,33)(H,30,32)/t11-/m0/s1. The predicted octanol–water partition coefficient (Wildman–Crippen LogP) is 3.27. The fraction of sp³-hybridized carbons (Fsp3) is 0.333. The molecule has 0 radical (unpaired) electrons. The second-order valence-corrected chi connectivity index (χ2v) is 8.85. The molecule has 3 rings (SSSR count). The number of nitrogens with zero attached hydrogens (tertiary/aromatic N) is 5. The zero-order valence-corrected chi connectivity index (χ0v) is 19.8. The molecule has 0 aliphatic carbocycles. The fourth-order valence-corrected chi connectivity index (χ4v) is 3.81. The first kappa shape index (κ1) is 25.6. The highest BCUT2D eigenvalue weighted by molar-refractivity contribution is 7.16. The maximum atomic E-state index is 13.0. The summed E-state index contributed by atoms with van der Waals surface area (Å²) in [4.78, 5) is 33.4. The van der Waals surface area contributed by atoms with Crippen LogP contribution in [0.2, 0.25) is 0 Å². The Balaban J connectivity index is 1.89. The van der Waals surface area contributed by atoms with Crippen molar-refractivity contribution >= 4 is 23.2 Å². The van der Waals surface area contributed by atoms with Crippen molar-refractivity contribution in [2.24, 2.45) is 0 Å². The van der Waals surface area contributed by atoms with Gasteiger partial charge >= 0.3 is 6.36 Å². The zero-order valence-electron chi connectivity index (χ0n) is 19.0. The average molecular weight is 507 g/mol. The van der Waals surface area contributed by atoms with Gasteiger partial charge in [0.15, 0.2) is 5.82 Å². The van der Waals surface area contributed by atoms with Crippen LogP contribution >= 0.6 is 11.3 Å². The summed E-state index contributed by atoms with van der Waals surface area (Å²) in [6.45, 7) is 4.61. The van der Waals surface area contributed by atoms with Crippen molar-refractivity contribution in [2.75, 3.05) is 7.05 Å². The Hall–Kier alpha value is -3.99. The average Bonchev–Trinajstić information content (AvgIpc) is 3.46. The molecule has 2 amide bonds. The van der Waals surface area contributed by atoms with Gasteiger partial charge in [-0.25, -0.2) is 9.97 Å². The number of hydrogen-bond donors (Lipinski definition) is 2. The number of aromatic nitrogens is 4. The van der Waals surface area contributed by atoms with Gasteiger partial charge in [-0.05, 0) is 44.5 Å². The Bertz CT molecular complexity index is 1290. The third-order valence-electron chi connectivity index (χ3n) is 4.84. The molecule has 14 heteroatoms. The van der Waals surface area contributed by atoms with Crippen LogP contribution in [0.15, 0.2) is 30.7 Å². The van der Waals surface area contributed by atoms with Crippen molar-refractivity contribution < 1.29 is 27.5 Å². The molecule has 0 spiro atoms. The molecule has 0 saturated carbocycles. The van der Waals surface area contributed by atoms with Crippen LogP contribution in [0.4, 0.5) is 13.2 Å². The van der Waals surface area contributed by atoms with Crippen LogP contribution in [-0.4, -0.2) is 45.0 Å². The van der Waals surface area contributed by atoms with E-state index in [1.54, 1.807) is 6.92 Å². The van der Waals surface area contributed by atoms with E-state index in [0.29, 0.717) is 10.0 Å². The molecule has 2 N–H and O–H groups in total. The summed E-state index contributed by atoms with van der Waals surface area (Å²) in [5, 5.41) is 19.0. The molecule has 0 unspecified atom stereocenters. The van der Waals surface area contributed by atoms with Crippen molar-refractivity contribution in [3.63, 3.8) is 0 Å². The first-order valence-electron chi connectivity index (χ1n) is 10.1. The summed E-state index contributed by atoms with van der Waals surface area (Å²) in [7, 11) is 1.48. The maximum absolute atomic E-state index is 13.0. The molecule has 184 valence electrons. The molecule has 0 saturated heterocycles. The number of ether oxygens (including phenoxy) is 1. The highest BCUT2D eigenvalue weighted by Gasteiger charge is 2.33. The fourth-order valence-electron chi connectivity index (χ4n) is 2.98. The molecule has 35 heavy (non-hydrogen) atoms. The number of alkyl halides is 3. The molecule has 0 bridgehead atoms. The van der Waals surface area contributed by atoms with E-state index in [1.807, 2.05) is 6.07 Å². The lowest BCUT2D eigenvalue weighted by atomic mass is 9.85. The van der Waals surface area contributed by atoms with Gasteiger partial charge in [0.1, 0.15) is 17.0 Å². The minimum absolute atomic E-state index is 0.140. The van der Waals surface area contributed by atoms with Gasteiger partial charge in [-0.3, -0.25) is 9.59 Å². The predicted molar refractivity (Wildman–Crippen MR) is 118 cm³/mol. The molecule has 10 nitrogen and oxygen atoms in total. The number of halogens is 3. The number of nitrogens with one attached hydrogen (secondary N) is 2. The number of hydrogen-bond acceptors (Lipinski definition) is 8. The van der Waals surface area contributed by atoms with Gasteiger partial charge in [0.05, 0.1) is 23.7 Å². The van der Waals surface area contributed by atoms with Crippen LogP contribution in [-0.2, 0) is 5.41 Å². The number of nitriles is 1. The van der Waals surface area contributed by atoms with Crippen LogP contribution in [0.1, 0.15) is 58.2 Å². The highest BCUT2D eigenvalue weighted by Crippen LogP contribution is 2.31. The Labute approximate surface area is 201 Å². The monoisotopic (exact) mass is 507 g/mol. The van der Waals surface area contributed by atoms with Crippen LogP contribution in [0.5, 0.6) is 5.75 Å². The Morgan fingerprint density at radius 1 is 1.20 bits per heavy atom.